The highest BCUT2D eigenvalue weighted by molar-refractivity contribution is 7.09. The van der Waals surface area contributed by atoms with E-state index in [-0.39, 0.29) is 5.91 Å². The molecular formula is C16H28N4OS. The van der Waals surface area contributed by atoms with E-state index in [1.165, 1.54) is 5.01 Å². The largest absolute Gasteiger partial charge is 0.356 e. The number of nitrogens with zero attached hydrogens (tertiary/aromatic N) is 3. The lowest BCUT2D eigenvalue weighted by atomic mass is 10.1. The van der Waals surface area contributed by atoms with E-state index in [0.29, 0.717) is 24.9 Å². The third-order valence-corrected chi connectivity index (χ3v) is 5.36. The zero-order valence-corrected chi connectivity index (χ0v) is 14.9. The molecule has 2 heterocycles. The zero-order valence-electron chi connectivity index (χ0n) is 14.1. The summed E-state index contributed by atoms with van der Waals surface area (Å²) in [6, 6.07) is 0.325. The molecule has 1 aliphatic rings. The zero-order chi connectivity index (χ0) is 16.1. The minimum absolute atomic E-state index is 0.145. The summed E-state index contributed by atoms with van der Waals surface area (Å²) in [6.45, 7) is 8.06. The van der Waals surface area contributed by atoms with Crippen LogP contribution in [0.1, 0.15) is 36.9 Å². The molecule has 0 bridgehead atoms. The average Bonchev–Trinajstić information content (AvgIpc) is 2.92. The van der Waals surface area contributed by atoms with E-state index >= 15 is 0 Å². The van der Waals surface area contributed by atoms with Crippen molar-refractivity contribution in [2.24, 2.45) is 0 Å². The topological polar surface area (TPSA) is 48.5 Å². The van der Waals surface area contributed by atoms with E-state index in [9.17, 15) is 4.79 Å². The van der Waals surface area contributed by atoms with Crippen molar-refractivity contribution in [1.82, 2.24) is 20.1 Å². The van der Waals surface area contributed by atoms with Crippen molar-refractivity contribution in [2.45, 2.75) is 38.6 Å². The van der Waals surface area contributed by atoms with E-state index < -0.39 is 0 Å². The van der Waals surface area contributed by atoms with E-state index in [1.807, 2.05) is 0 Å². The van der Waals surface area contributed by atoms with Gasteiger partial charge in [0.1, 0.15) is 0 Å². The van der Waals surface area contributed by atoms with Crippen molar-refractivity contribution in [3.8, 4) is 0 Å². The summed E-state index contributed by atoms with van der Waals surface area (Å²) >= 11 is 1.71. The molecule has 1 N–H and O–H groups in total. The molecule has 0 radical (unpaired) electrons. The number of carbonyl (C=O) groups excluding carboxylic acids is 1. The number of thiazole rings is 1. The van der Waals surface area contributed by atoms with Crippen molar-refractivity contribution in [3.05, 3.63) is 16.1 Å². The fourth-order valence-electron chi connectivity index (χ4n) is 2.64. The lowest BCUT2D eigenvalue weighted by molar-refractivity contribution is -0.122. The van der Waals surface area contributed by atoms with Crippen LogP contribution in [0.15, 0.2) is 5.38 Å². The maximum atomic E-state index is 12.1. The molecule has 22 heavy (non-hydrogen) atoms. The Morgan fingerprint density at radius 3 is 2.91 bits per heavy atom. The van der Waals surface area contributed by atoms with Gasteiger partial charge in [-0.25, -0.2) is 4.98 Å². The summed E-state index contributed by atoms with van der Waals surface area (Å²) in [5.74, 6) is 0.624. The molecule has 0 aromatic carbocycles. The summed E-state index contributed by atoms with van der Waals surface area (Å²) in [7, 11) is 4.22. The normalized spacial score (nSPS) is 20.5. The Hall–Kier alpha value is -0.980. The highest BCUT2D eigenvalue weighted by Gasteiger charge is 2.24. The quantitative estimate of drug-likeness (QED) is 0.863. The first-order valence-corrected chi connectivity index (χ1v) is 8.93. The van der Waals surface area contributed by atoms with Gasteiger partial charge in [-0.2, -0.15) is 0 Å². The molecular weight excluding hydrogens is 296 g/mol. The number of likely N-dealkylation sites (N-methyl/N-ethyl adjacent to an activating group) is 2. The maximum Gasteiger partial charge on any atom is 0.221 e. The predicted octanol–water partition coefficient (Wildman–Crippen LogP) is 1.56. The number of nitrogens with one attached hydrogen (secondary N) is 1. The Bertz CT molecular complexity index is 488. The first kappa shape index (κ1) is 17.4. The van der Waals surface area contributed by atoms with Crippen molar-refractivity contribution in [2.75, 3.05) is 40.3 Å². The molecule has 0 aliphatic carbocycles. The Balaban J connectivity index is 1.71. The monoisotopic (exact) mass is 324 g/mol. The van der Waals surface area contributed by atoms with Crippen LogP contribution in [0.25, 0.3) is 0 Å². The average molecular weight is 324 g/mol. The predicted molar refractivity (Wildman–Crippen MR) is 91.4 cm³/mol. The molecule has 5 nitrogen and oxygen atoms in total. The minimum atomic E-state index is 0.145. The van der Waals surface area contributed by atoms with Gasteiger partial charge in [0.2, 0.25) is 5.91 Å². The van der Waals surface area contributed by atoms with Crippen molar-refractivity contribution >= 4 is 17.2 Å². The molecule has 1 aromatic rings. The molecule has 124 valence electrons. The van der Waals surface area contributed by atoms with Crippen LogP contribution >= 0.6 is 11.3 Å². The molecule has 1 aliphatic heterocycles. The molecule has 0 spiro atoms. The van der Waals surface area contributed by atoms with Gasteiger partial charge in [0.05, 0.1) is 10.7 Å². The SMILES string of the molecule is CC(C)c1nc(CCNC(=O)C[C@H]2CN(C)CCN2C)cs1. The second-order valence-electron chi connectivity index (χ2n) is 6.53. The van der Waals surface area contributed by atoms with Crippen LogP contribution in [-0.2, 0) is 11.2 Å². The summed E-state index contributed by atoms with van der Waals surface area (Å²) in [4.78, 5) is 21.3. The molecule has 1 saturated heterocycles. The standard InChI is InChI=1S/C16H28N4OS/c1-12(2)16-18-13(11-22-16)5-6-17-15(21)9-14-10-19(3)7-8-20(14)4/h11-12,14H,5-10H2,1-4H3,(H,17,21)/t14-/m0/s1. The number of aromatic nitrogens is 1. The lowest BCUT2D eigenvalue weighted by Crippen LogP contribution is -2.51. The van der Waals surface area contributed by atoms with Gasteiger partial charge < -0.3 is 15.1 Å². The summed E-state index contributed by atoms with van der Waals surface area (Å²) in [5.41, 5.74) is 1.09. The molecule has 6 heteroatoms. The highest BCUT2D eigenvalue weighted by atomic mass is 32.1. The molecule has 1 amide bonds. The molecule has 0 unspecified atom stereocenters. The number of amides is 1. The van der Waals surface area contributed by atoms with Crippen LogP contribution in [0.2, 0.25) is 0 Å². The van der Waals surface area contributed by atoms with Crippen molar-refractivity contribution in [1.29, 1.82) is 0 Å². The van der Waals surface area contributed by atoms with Crippen LogP contribution in [0, 0.1) is 0 Å². The van der Waals surface area contributed by atoms with E-state index in [2.05, 4.69) is 53.4 Å². The van der Waals surface area contributed by atoms with E-state index in [0.717, 1.165) is 31.7 Å². The van der Waals surface area contributed by atoms with Gasteiger partial charge in [0.25, 0.3) is 0 Å². The van der Waals surface area contributed by atoms with Crippen LogP contribution in [-0.4, -0.2) is 67.0 Å². The molecule has 1 atom stereocenters. The number of rotatable bonds is 6. The molecule has 1 aromatic heterocycles. The first-order valence-electron chi connectivity index (χ1n) is 8.05. The van der Waals surface area contributed by atoms with Crippen molar-refractivity contribution < 1.29 is 4.79 Å². The third kappa shape index (κ3) is 5.04. The maximum absolute atomic E-state index is 12.1. The Morgan fingerprint density at radius 1 is 1.45 bits per heavy atom. The summed E-state index contributed by atoms with van der Waals surface area (Å²) in [6.07, 6.45) is 1.39. The summed E-state index contributed by atoms with van der Waals surface area (Å²) in [5, 5.41) is 6.31. The van der Waals surface area contributed by atoms with Gasteiger partial charge in [-0.05, 0) is 14.1 Å². The fraction of sp³-hybridized carbons (Fsp3) is 0.750. The Labute approximate surface area is 137 Å². The lowest BCUT2D eigenvalue weighted by Gasteiger charge is -2.37. The third-order valence-electron chi connectivity index (χ3n) is 4.17. The molecule has 1 fully saturated rings. The second-order valence-corrected chi connectivity index (χ2v) is 7.42. The van der Waals surface area contributed by atoms with Gasteiger partial charge in [-0.15, -0.1) is 11.3 Å². The van der Waals surface area contributed by atoms with Gasteiger partial charge >= 0.3 is 0 Å². The van der Waals surface area contributed by atoms with Crippen LogP contribution in [0.4, 0.5) is 0 Å². The van der Waals surface area contributed by atoms with Gasteiger partial charge in [0.15, 0.2) is 0 Å². The fourth-order valence-corrected chi connectivity index (χ4v) is 3.51. The minimum Gasteiger partial charge on any atom is -0.356 e. The Morgan fingerprint density at radius 2 is 2.23 bits per heavy atom. The van der Waals surface area contributed by atoms with Crippen LogP contribution < -0.4 is 5.32 Å². The van der Waals surface area contributed by atoms with Gasteiger partial charge in [-0.3, -0.25) is 4.79 Å². The van der Waals surface area contributed by atoms with Gasteiger partial charge in [-0.1, -0.05) is 13.8 Å². The molecule has 0 saturated carbocycles. The summed E-state index contributed by atoms with van der Waals surface area (Å²) < 4.78 is 0. The van der Waals surface area contributed by atoms with Crippen LogP contribution in [0.3, 0.4) is 0 Å². The Kier molecular flexibility index (Phi) is 6.35. The highest BCUT2D eigenvalue weighted by Crippen LogP contribution is 2.19. The van der Waals surface area contributed by atoms with Crippen LogP contribution in [0.5, 0.6) is 0 Å². The second kappa shape index (κ2) is 8.04. The smallest absolute Gasteiger partial charge is 0.221 e. The van der Waals surface area contributed by atoms with Gasteiger partial charge in [0, 0.05) is 56.4 Å². The first-order chi connectivity index (χ1) is 10.5. The van der Waals surface area contributed by atoms with Crippen molar-refractivity contribution in [3.63, 3.8) is 0 Å². The number of hydrogen-bond donors (Lipinski definition) is 1. The number of carbonyl (C=O) groups is 1. The number of piperazine rings is 1. The molecule has 2 rings (SSSR count). The van der Waals surface area contributed by atoms with E-state index in [4.69, 9.17) is 0 Å². The van der Waals surface area contributed by atoms with E-state index in [1.54, 1.807) is 11.3 Å². The number of hydrogen-bond acceptors (Lipinski definition) is 5.